The average Bonchev–Trinajstić information content (AvgIpc) is 3.18. The zero-order valence-corrected chi connectivity index (χ0v) is 36.7. The molecule has 0 rings (SSSR count). The zero-order valence-electron chi connectivity index (χ0n) is 36.7. The van der Waals surface area contributed by atoms with E-state index >= 15 is 0 Å². The van der Waals surface area contributed by atoms with Crippen LogP contribution in [0.3, 0.4) is 0 Å². The third kappa shape index (κ3) is 39.8. The van der Waals surface area contributed by atoms with Gasteiger partial charge in [0.15, 0.2) is 0 Å². The van der Waals surface area contributed by atoms with Crippen LogP contribution >= 0.6 is 0 Å². The summed E-state index contributed by atoms with van der Waals surface area (Å²) in [4.78, 5) is 36.5. The highest BCUT2D eigenvalue weighted by Gasteiger charge is 2.19. The quantitative estimate of drug-likeness (QED) is 0.0322. The Morgan fingerprint density at radius 1 is 0.536 bits per heavy atom. The first-order valence-electron chi connectivity index (χ1n) is 23.8. The Balaban J connectivity index is 4.30. The molecule has 0 bridgehead atoms. The van der Waals surface area contributed by atoms with E-state index in [1.165, 1.54) is 116 Å². The lowest BCUT2D eigenvalue weighted by molar-refractivity contribution is -0.150. The van der Waals surface area contributed by atoms with Crippen molar-refractivity contribution >= 4 is 17.8 Å². The van der Waals surface area contributed by atoms with Crippen molar-refractivity contribution in [1.82, 2.24) is 5.32 Å². The molecule has 0 aromatic rings. The van der Waals surface area contributed by atoms with E-state index in [2.05, 4.69) is 55.6 Å². The Hall–Kier alpha value is -2.41. The minimum atomic E-state index is -1.00. The average molecular weight is 787 g/mol. The van der Waals surface area contributed by atoms with Crippen molar-refractivity contribution in [2.45, 2.75) is 251 Å². The molecule has 7 heteroatoms. The van der Waals surface area contributed by atoms with Crippen molar-refractivity contribution in [2.75, 3.05) is 6.54 Å². The van der Waals surface area contributed by atoms with Gasteiger partial charge in [0.2, 0.25) is 5.91 Å². The van der Waals surface area contributed by atoms with Crippen LogP contribution < -0.4 is 11.1 Å². The van der Waals surface area contributed by atoms with E-state index in [1.807, 2.05) is 0 Å². The number of amides is 1. The number of aliphatic carboxylic acids is 1. The second kappa shape index (κ2) is 43.7. The van der Waals surface area contributed by atoms with E-state index in [4.69, 9.17) is 10.5 Å². The summed E-state index contributed by atoms with van der Waals surface area (Å²) in [5.41, 5.74) is 5.49. The van der Waals surface area contributed by atoms with E-state index in [1.54, 1.807) is 0 Å². The number of nitrogens with two attached hydrogens (primary N) is 1. The molecule has 0 aliphatic carbocycles. The molecule has 2 unspecified atom stereocenters. The van der Waals surface area contributed by atoms with E-state index in [0.29, 0.717) is 32.2 Å². The summed E-state index contributed by atoms with van der Waals surface area (Å²) in [5.74, 6) is -1.23. The number of unbranched alkanes of at least 4 members (excludes halogenated alkanes) is 23. The Labute approximate surface area is 345 Å². The van der Waals surface area contributed by atoms with E-state index < -0.39 is 12.0 Å². The first kappa shape index (κ1) is 53.6. The molecule has 0 radical (unpaired) electrons. The van der Waals surface area contributed by atoms with E-state index in [0.717, 1.165) is 83.5 Å². The number of ether oxygens (including phenoxy) is 1. The molecule has 0 aromatic heterocycles. The number of carboxylic acids is 1. The number of esters is 1. The van der Waals surface area contributed by atoms with Crippen LogP contribution in [0.2, 0.25) is 0 Å². The minimum absolute atomic E-state index is 0.00970. The molecule has 7 nitrogen and oxygen atoms in total. The third-order valence-corrected chi connectivity index (χ3v) is 10.7. The molecule has 0 aromatic carbocycles. The van der Waals surface area contributed by atoms with Gasteiger partial charge in [0.05, 0.1) is 0 Å². The third-order valence-electron chi connectivity index (χ3n) is 10.7. The number of rotatable bonds is 43. The van der Waals surface area contributed by atoms with Crippen molar-refractivity contribution in [3.8, 4) is 0 Å². The summed E-state index contributed by atoms with van der Waals surface area (Å²) in [6.07, 6.45) is 51.9. The summed E-state index contributed by atoms with van der Waals surface area (Å²) in [6.45, 7) is 4.85. The van der Waals surface area contributed by atoms with Crippen LogP contribution in [0.1, 0.15) is 239 Å². The van der Waals surface area contributed by atoms with E-state index in [9.17, 15) is 19.5 Å². The van der Waals surface area contributed by atoms with Gasteiger partial charge in [0, 0.05) is 12.8 Å². The van der Waals surface area contributed by atoms with Crippen molar-refractivity contribution in [3.63, 3.8) is 0 Å². The first-order chi connectivity index (χ1) is 27.4. The van der Waals surface area contributed by atoms with Gasteiger partial charge in [-0.1, -0.05) is 179 Å². The van der Waals surface area contributed by atoms with Crippen LogP contribution in [0.4, 0.5) is 0 Å². The number of carbonyl (C=O) groups excluding carboxylic acids is 2. The molecule has 0 aliphatic rings. The number of allylic oxidation sites excluding steroid dienone is 6. The molecule has 326 valence electrons. The number of nitrogens with one attached hydrogen (secondary N) is 1. The molecule has 4 N–H and O–H groups in total. The largest absolute Gasteiger partial charge is 0.480 e. The van der Waals surface area contributed by atoms with Crippen molar-refractivity contribution in [1.29, 1.82) is 0 Å². The number of carboxylic acid groups (broad SMARTS) is 1. The monoisotopic (exact) mass is 787 g/mol. The summed E-state index contributed by atoms with van der Waals surface area (Å²) in [5, 5.41) is 12.0. The standard InChI is InChI=1S/C49H90N2O5/c1-3-5-7-9-11-13-15-17-18-19-20-22-24-26-28-33-37-43-48(53)56-45(39-34-30-27-25-23-21-16-14-12-10-8-6-4-2)40-35-31-29-32-36-42-47(52)51-46(49(54)55)41-38-44-50/h5,7,11,13,17-18,45-46H,3-4,6,8-10,12,14-16,19-44,50H2,1-2H3,(H,51,52)(H,54,55)/b7-5-,13-11-,18-17-. The summed E-state index contributed by atoms with van der Waals surface area (Å²) < 4.78 is 6.07. The Kier molecular flexibility index (Phi) is 41.8. The molecule has 0 spiro atoms. The molecule has 2 atom stereocenters. The number of hydrogen-bond acceptors (Lipinski definition) is 5. The smallest absolute Gasteiger partial charge is 0.326 e. The fourth-order valence-electron chi connectivity index (χ4n) is 7.17. The van der Waals surface area contributed by atoms with Gasteiger partial charge in [-0.3, -0.25) is 9.59 Å². The predicted octanol–water partition coefficient (Wildman–Crippen LogP) is 13.8. The Morgan fingerprint density at radius 3 is 1.48 bits per heavy atom. The Morgan fingerprint density at radius 2 is 0.982 bits per heavy atom. The van der Waals surface area contributed by atoms with Crippen LogP contribution in [-0.4, -0.2) is 41.6 Å². The lowest BCUT2D eigenvalue weighted by Crippen LogP contribution is -2.40. The lowest BCUT2D eigenvalue weighted by atomic mass is 10.0. The van der Waals surface area contributed by atoms with Crippen molar-refractivity contribution in [3.05, 3.63) is 36.5 Å². The molecule has 1 amide bonds. The highest BCUT2D eigenvalue weighted by atomic mass is 16.5. The lowest BCUT2D eigenvalue weighted by Gasteiger charge is -2.18. The molecular weight excluding hydrogens is 697 g/mol. The van der Waals surface area contributed by atoms with Crippen molar-refractivity contribution < 1.29 is 24.2 Å². The maximum absolute atomic E-state index is 12.8. The van der Waals surface area contributed by atoms with Gasteiger partial charge in [-0.05, 0) is 90.0 Å². The maximum Gasteiger partial charge on any atom is 0.326 e. The molecule has 0 heterocycles. The second-order valence-corrected chi connectivity index (χ2v) is 16.1. The van der Waals surface area contributed by atoms with Gasteiger partial charge in [0.25, 0.3) is 0 Å². The molecule has 0 aliphatic heterocycles. The van der Waals surface area contributed by atoms with E-state index in [-0.39, 0.29) is 18.0 Å². The van der Waals surface area contributed by atoms with Crippen LogP contribution in [0.5, 0.6) is 0 Å². The van der Waals surface area contributed by atoms with Gasteiger partial charge >= 0.3 is 11.9 Å². The first-order valence-corrected chi connectivity index (χ1v) is 23.8. The Bertz CT molecular complexity index is 978. The predicted molar refractivity (Wildman–Crippen MR) is 239 cm³/mol. The minimum Gasteiger partial charge on any atom is -0.480 e. The normalized spacial score (nSPS) is 12.9. The summed E-state index contributed by atoms with van der Waals surface area (Å²) >= 11 is 0. The molecule has 0 saturated heterocycles. The van der Waals surface area contributed by atoms with Gasteiger partial charge in [0.1, 0.15) is 12.1 Å². The molecule has 0 fully saturated rings. The fourth-order valence-corrected chi connectivity index (χ4v) is 7.17. The highest BCUT2D eigenvalue weighted by molar-refractivity contribution is 5.83. The molecule has 0 saturated carbocycles. The van der Waals surface area contributed by atoms with Crippen LogP contribution in [0, 0.1) is 0 Å². The van der Waals surface area contributed by atoms with Crippen LogP contribution in [0.25, 0.3) is 0 Å². The summed E-state index contributed by atoms with van der Waals surface area (Å²) in [7, 11) is 0. The van der Waals surface area contributed by atoms with Gasteiger partial charge in [-0.2, -0.15) is 0 Å². The molecular formula is C49H90N2O5. The van der Waals surface area contributed by atoms with Crippen LogP contribution in [0.15, 0.2) is 36.5 Å². The summed E-state index contributed by atoms with van der Waals surface area (Å²) in [6, 6.07) is -0.857. The highest BCUT2D eigenvalue weighted by Crippen LogP contribution is 2.19. The zero-order chi connectivity index (χ0) is 41.0. The maximum atomic E-state index is 12.8. The fraction of sp³-hybridized carbons (Fsp3) is 0.816. The number of hydrogen-bond donors (Lipinski definition) is 3. The second-order valence-electron chi connectivity index (χ2n) is 16.1. The van der Waals surface area contributed by atoms with Crippen LogP contribution in [-0.2, 0) is 19.1 Å². The topological polar surface area (TPSA) is 119 Å². The van der Waals surface area contributed by atoms with Gasteiger partial charge in [-0.15, -0.1) is 0 Å². The SMILES string of the molecule is CC/C=C\C/C=C\C/C=C\CCCCCCCCCC(=O)OC(CCCCCCCCCCCCCCC)CCCCCCCC(=O)NC(CCCN)C(=O)O. The van der Waals surface area contributed by atoms with Gasteiger partial charge in [-0.25, -0.2) is 4.79 Å². The van der Waals surface area contributed by atoms with Gasteiger partial charge < -0.3 is 20.9 Å². The van der Waals surface area contributed by atoms with Crippen molar-refractivity contribution in [2.24, 2.45) is 5.73 Å². The number of carbonyl (C=O) groups is 3. The molecule has 56 heavy (non-hydrogen) atoms.